The number of aliphatic carboxylic acids is 1. The molecule has 0 radical (unpaired) electrons. The Balaban J connectivity index is 4.46. The molecule has 0 heterocycles. The lowest BCUT2D eigenvalue weighted by Gasteiger charge is -2.04. The maximum Gasteiger partial charge on any atom is 0.332 e. The Kier molecular flexibility index (Phi) is 8.26. The quantitative estimate of drug-likeness (QED) is 0.521. The predicted octanol–water partition coefficient (Wildman–Crippen LogP) is 1.29. The van der Waals surface area contributed by atoms with Gasteiger partial charge in [0.1, 0.15) is 0 Å². The molecule has 0 aliphatic rings. The van der Waals surface area contributed by atoms with Crippen LogP contribution in [-0.2, 0) is 23.9 Å². The minimum atomic E-state index is -1.34. The maximum absolute atomic E-state index is 11.2. The van der Waals surface area contributed by atoms with Gasteiger partial charge in [-0.2, -0.15) is 0 Å². The highest BCUT2D eigenvalue weighted by Gasteiger charge is 2.16. The van der Waals surface area contributed by atoms with Crippen molar-refractivity contribution in [2.24, 2.45) is 0 Å². The van der Waals surface area contributed by atoms with Crippen molar-refractivity contribution in [3.05, 3.63) is 11.6 Å². The molecule has 0 aliphatic carbocycles. The summed E-state index contributed by atoms with van der Waals surface area (Å²) in [5.74, 6) is -2.77. The van der Waals surface area contributed by atoms with Crippen molar-refractivity contribution in [2.45, 2.75) is 33.1 Å². The number of rotatable bonds is 8. The summed E-state index contributed by atoms with van der Waals surface area (Å²) in [6, 6.07) is 0. The third-order valence-electron chi connectivity index (χ3n) is 1.82. The summed E-state index contributed by atoms with van der Waals surface area (Å²) in [6.07, 6.45) is 1.65. The minimum absolute atomic E-state index is 0.211. The summed E-state index contributed by atoms with van der Waals surface area (Å²) in [5, 5.41) is 8.84. The Morgan fingerprint density at radius 3 is 2.11 bits per heavy atom. The lowest BCUT2D eigenvalue weighted by Crippen LogP contribution is -2.13. The lowest BCUT2D eigenvalue weighted by atomic mass is 10.2. The number of ether oxygens (including phenoxy) is 2. The van der Waals surface area contributed by atoms with Crippen LogP contribution in [0.3, 0.4) is 0 Å². The molecule has 0 aliphatic heterocycles. The van der Waals surface area contributed by atoms with Gasteiger partial charge in [-0.1, -0.05) is 13.8 Å². The van der Waals surface area contributed by atoms with Gasteiger partial charge in [-0.15, -0.1) is 0 Å². The van der Waals surface area contributed by atoms with Gasteiger partial charge in [0.05, 0.1) is 25.2 Å². The molecule has 0 rings (SSSR count). The molecule has 6 nitrogen and oxygen atoms in total. The van der Waals surface area contributed by atoms with E-state index in [1.165, 1.54) is 0 Å². The first-order chi connectivity index (χ1) is 8.51. The molecule has 0 spiro atoms. The van der Waals surface area contributed by atoms with Crippen LogP contribution in [0.4, 0.5) is 0 Å². The standard InChI is InChI=1S/C12H18O6/c1-3-5-17-10(13)7-9(12(15)16)8-11(14)18-6-4-2/h7H,3-6,8H2,1-2H3,(H,15,16). The highest BCUT2D eigenvalue weighted by Crippen LogP contribution is 2.05. The van der Waals surface area contributed by atoms with E-state index in [9.17, 15) is 14.4 Å². The van der Waals surface area contributed by atoms with Crippen LogP contribution in [0.5, 0.6) is 0 Å². The van der Waals surface area contributed by atoms with Crippen molar-refractivity contribution in [1.29, 1.82) is 0 Å². The SMILES string of the molecule is CCCOC(=O)C=C(CC(=O)OCCC)C(=O)O. The topological polar surface area (TPSA) is 89.9 Å². The molecule has 0 saturated carbocycles. The Bertz CT molecular complexity index is 331. The average Bonchev–Trinajstić information content (AvgIpc) is 2.32. The number of esters is 2. The van der Waals surface area contributed by atoms with Crippen LogP contribution in [0, 0.1) is 0 Å². The van der Waals surface area contributed by atoms with E-state index in [0.29, 0.717) is 12.8 Å². The molecule has 102 valence electrons. The molecule has 0 aromatic rings. The van der Waals surface area contributed by atoms with Crippen LogP contribution >= 0.6 is 0 Å². The fourth-order valence-corrected chi connectivity index (χ4v) is 0.997. The smallest absolute Gasteiger partial charge is 0.332 e. The van der Waals surface area contributed by atoms with Crippen molar-refractivity contribution in [2.75, 3.05) is 13.2 Å². The van der Waals surface area contributed by atoms with E-state index in [1.807, 2.05) is 13.8 Å². The van der Waals surface area contributed by atoms with Gasteiger partial charge >= 0.3 is 17.9 Å². The van der Waals surface area contributed by atoms with Crippen molar-refractivity contribution in [3.8, 4) is 0 Å². The van der Waals surface area contributed by atoms with E-state index in [4.69, 9.17) is 14.6 Å². The maximum atomic E-state index is 11.2. The Morgan fingerprint density at radius 1 is 1.06 bits per heavy atom. The first kappa shape index (κ1) is 16.1. The highest BCUT2D eigenvalue weighted by atomic mass is 16.5. The van der Waals surface area contributed by atoms with E-state index < -0.39 is 24.3 Å². The van der Waals surface area contributed by atoms with Gasteiger partial charge < -0.3 is 14.6 Å². The second kappa shape index (κ2) is 9.21. The molecule has 0 aromatic heterocycles. The second-order valence-corrected chi connectivity index (χ2v) is 3.54. The van der Waals surface area contributed by atoms with Crippen LogP contribution in [0.15, 0.2) is 11.6 Å². The molecule has 1 N–H and O–H groups in total. The first-order valence-electron chi connectivity index (χ1n) is 5.77. The zero-order chi connectivity index (χ0) is 14.0. The summed E-state index contributed by atoms with van der Waals surface area (Å²) in [4.78, 5) is 33.3. The van der Waals surface area contributed by atoms with Gasteiger partial charge in [0, 0.05) is 6.08 Å². The van der Waals surface area contributed by atoms with E-state index in [0.717, 1.165) is 6.08 Å². The molecular weight excluding hydrogens is 240 g/mol. The molecule has 0 saturated heterocycles. The van der Waals surface area contributed by atoms with Crippen LogP contribution in [0.25, 0.3) is 0 Å². The number of carboxylic acid groups (broad SMARTS) is 1. The molecule has 0 amide bonds. The molecule has 18 heavy (non-hydrogen) atoms. The number of hydrogen-bond acceptors (Lipinski definition) is 5. The summed E-state index contributed by atoms with van der Waals surface area (Å²) < 4.78 is 9.44. The third kappa shape index (κ3) is 7.43. The number of carbonyl (C=O) groups is 3. The summed E-state index contributed by atoms with van der Waals surface area (Å²) in [5.41, 5.74) is -0.336. The average molecular weight is 258 g/mol. The van der Waals surface area contributed by atoms with E-state index in [-0.39, 0.29) is 18.8 Å². The Labute approximate surface area is 106 Å². The van der Waals surface area contributed by atoms with Gasteiger partial charge in [0.2, 0.25) is 0 Å². The molecule has 6 heteroatoms. The van der Waals surface area contributed by atoms with Gasteiger partial charge in [-0.25, -0.2) is 9.59 Å². The predicted molar refractivity (Wildman–Crippen MR) is 62.8 cm³/mol. The van der Waals surface area contributed by atoms with Gasteiger partial charge in [0.15, 0.2) is 0 Å². The number of carboxylic acids is 1. The molecule has 0 unspecified atom stereocenters. The van der Waals surface area contributed by atoms with Crippen molar-refractivity contribution >= 4 is 17.9 Å². The van der Waals surface area contributed by atoms with Gasteiger partial charge in [-0.3, -0.25) is 4.79 Å². The molecule has 0 atom stereocenters. The normalized spacial score (nSPS) is 10.9. The number of carbonyl (C=O) groups excluding carboxylic acids is 2. The monoisotopic (exact) mass is 258 g/mol. The largest absolute Gasteiger partial charge is 0.478 e. The van der Waals surface area contributed by atoms with Crippen LogP contribution < -0.4 is 0 Å². The summed E-state index contributed by atoms with van der Waals surface area (Å²) >= 11 is 0. The second-order valence-electron chi connectivity index (χ2n) is 3.54. The fourth-order valence-electron chi connectivity index (χ4n) is 0.997. The zero-order valence-electron chi connectivity index (χ0n) is 10.6. The molecule has 0 bridgehead atoms. The van der Waals surface area contributed by atoms with Gasteiger partial charge in [-0.05, 0) is 12.8 Å². The van der Waals surface area contributed by atoms with Crippen molar-refractivity contribution in [1.82, 2.24) is 0 Å². The lowest BCUT2D eigenvalue weighted by molar-refractivity contribution is -0.145. The fraction of sp³-hybridized carbons (Fsp3) is 0.583. The van der Waals surface area contributed by atoms with E-state index in [1.54, 1.807) is 0 Å². The molecule has 0 aromatic carbocycles. The summed E-state index contributed by atoms with van der Waals surface area (Å²) in [6.45, 7) is 4.08. The number of hydrogen-bond donors (Lipinski definition) is 1. The highest BCUT2D eigenvalue weighted by molar-refractivity contribution is 5.98. The Morgan fingerprint density at radius 2 is 1.61 bits per heavy atom. The van der Waals surface area contributed by atoms with E-state index >= 15 is 0 Å². The van der Waals surface area contributed by atoms with Crippen LogP contribution in [0.2, 0.25) is 0 Å². The van der Waals surface area contributed by atoms with E-state index in [2.05, 4.69) is 0 Å². The van der Waals surface area contributed by atoms with Gasteiger partial charge in [0.25, 0.3) is 0 Å². The van der Waals surface area contributed by atoms with Crippen molar-refractivity contribution in [3.63, 3.8) is 0 Å². The molecular formula is C12H18O6. The third-order valence-corrected chi connectivity index (χ3v) is 1.82. The summed E-state index contributed by atoms with van der Waals surface area (Å²) in [7, 11) is 0. The minimum Gasteiger partial charge on any atom is -0.478 e. The van der Waals surface area contributed by atoms with Crippen LogP contribution in [-0.4, -0.2) is 36.2 Å². The zero-order valence-corrected chi connectivity index (χ0v) is 10.6. The van der Waals surface area contributed by atoms with Crippen LogP contribution in [0.1, 0.15) is 33.1 Å². The molecule has 0 fully saturated rings. The van der Waals surface area contributed by atoms with Crippen molar-refractivity contribution < 1.29 is 29.0 Å². The first-order valence-corrected chi connectivity index (χ1v) is 5.77. The Hall–Kier alpha value is -1.85.